The molecule has 0 spiro atoms. The average Bonchev–Trinajstić information content (AvgIpc) is 2.62. The van der Waals surface area contributed by atoms with Gasteiger partial charge in [-0.1, -0.05) is 29.8 Å². The molecule has 0 radical (unpaired) electrons. The Balaban J connectivity index is 1.55. The second-order valence-corrected chi connectivity index (χ2v) is 6.11. The molecule has 1 amide bonds. The topological polar surface area (TPSA) is 60.5 Å². The molecule has 2 heterocycles. The van der Waals surface area contributed by atoms with E-state index in [0.717, 1.165) is 16.5 Å². The Bertz CT molecular complexity index is 953. The van der Waals surface area contributed by atoms with Crippen molar-refractivity contribution in [3.8, 4) is 11.5 Å². The molecule has 0 bridgehead atoms. The van der Waals surface area contributed by atoms with Gasteiger partial charge in [0, 0.05) is 11.6 Å². The second kappa shape index (κ2) is 6.61. The van der Waals surface area contributed by atoms with Crippen LogP contribution < -0.4 is 14.8 Å². The first-order chi connectivity index (χ1) is 12.2. The van der Waals surface area contributed by atoms with Gasteiger partial charge in [-0.05, 0) is 29.8 Å². The van der Waals surface area contributed by atoms with Crippen LogP contribution in [0.3, 0.4) is 0 Å². The van der Waals surface area contributed by atoms with Crippen LogP contribution in [0.15, 0.2) is 48.7 Å². The number of hydrogen-bond acceptors (Lipinski definition) is 4. The largest absolute Gasteiger partial charge is 0.486 e. The molecule has 1 N–H and O–H groups in total. The van der Waals surface area contributed by atoms with Crippen molar-refractivity contribution in [3.63, 3.8) is 0 Å². The lowest BCUT2D eigenvalue weighted by Crippen LogP contribution is -2.17. The van der Waals surface area contributed by atoms with Gasteiger partial charge < -0.3 is 14.8 Å². The van der Waals surface area contributed by atoms with Gasteiger partial charge in [0.2, 0.25) is 5.91 Å². The van der Waals surface area contributed by atoms with E-state index in [-0.39, 0.29) is 12.3 Å². The van der Waals surface area contributed by atoms with Gasteiger partial charge in [0.25, 0.3) is 0 Å². The van der Waals surface area contributed by atoms with Crippen LogP contribution in [0, 0.1) is 0 Å². The number of nitrogens with zero attached hydrogens (tertiary/aromatic N) is 1. The maximum absolute atomic E-state index is 12.5. The van der Waals surface area contributed by atoms with Gasteiger partial charge in [-0.2, -0.15) is 0 Å². The van der Waals surface area contributed by atoms with Crippen LogP contribution >= 0.6 is 11.6 Å². The summed E-state index contributed by atoms with van der Waals surface area (Å²) in [6.07, 6.45) is 1.89. The second-order valence-electron chi connectivity index (χ2n) is 5.71. The summed E-state index contributed by atoms with van der Waals surface area (Å²) >= 11 is 6.22. The van der Waals surface area contributed by atoms with E-state index in [9.17, 15) is 4.79 Å². The third-order valence-electron chi connectivity index (χ3n) is 3.93. The number of nitrogens with one attached hydrogen (secondary N) is 1. The zero-order valence-electron chi connectivity index (χ0n) is 13.3. The number of hydrogen-bond donors (Lipinski definition) is 1. The number of amides is 1. The molecule has 1 aliphatic rings. The first-order valence-corrected chi connectivity index (χ1v) is 8.30. The molecule has 126 valence electrons. The van der Waals surface area contributed by atoms with Crippen molar-refractivity contribution >= 4 is 34.1 Å². The number of carbonyl (C=O) groups is 1. The first-order valence-electron chi connectivity index (χ1n) is 7.92. The zero-order valence-corrected chi connectivity index (χ0v) is 14.0. The van der Waals surface area contributed by atoms with Crippen LogP contribution in [0.25, 0.3) is 10.9 Å². The highest BCUT2D eigenvalue weighted by atomic mass is 35.5. The van der Waals surface area contributed by atoms with E-state index in [2.05, 4.69) is 10.3 Å². The number of benzene rings is 2. The summed E-state index contributed by atoms with van der Waals surface area (Å²) in [6.45, 7) is 0.946. The van der Waals surface area contributed by atoms with Gasteiger partial charge in [0.05, 0.1) is 22.6 Å². The number of ether oxygens (including phenoxy) is 2. The molecular formula is C19H15ClN2O3. The molecule has 1 aliphatic heterocycles. The molecule has 0 saturated heterocycles. The molecule has 2 aromatic carbocycles. The number of carbonyl (C=O) groups excluding carboxylic acids is 1. The Morgan fingerprint density at radius 1 is 1.16 bits per heavy atom. The highest BCUT2D eigenvalue weighted by Gasteiger charge is 2.18. The molecule has 0 aliphatic carbocycles. The smallest absolute Gasteiger partial charge is 0.228 e. The third-order valence-corrected chi connectivity index (χ3v) is 4.21. The molecule has 0 unspecified atom stereocenters. The number of aromatic nitrogens is 1. The van der Waals surface area contributed by atoms with E-state index in [1.54, 1.807) is 18.3 Å². The van der Waals surface area contributed by atoms with Crippen LogP contribution in [0.4, 0.5) is 5.69 Å². The number of para-hydroxylation sites is 1. The number of fused-ring (bicyclic) bond motifs is 2. The SMILES string of the molecule is O=C(Cc1cc(Cl)c2c(c1)OCCO2)Nc1cccc2cccnc12. The molecule has 1 aromatic heterocycles. The van der Waals surface area contributed by atoms with E-state index < -0.39 is 0 Å². The molecule has 25 heavy (non-hydrogen) atoms. The first kappa shape index (κ1) is 15.7. The minimum absolute atomic E-state index is 0.147. The van der Waals surface area contributed by atoms with E-state index >= 15 is 0 Å². The minimum Gasteiger partial charge on any atom is -0.486 e. The van der Waals surface area contributed by atoms with Crippen molar-refractivity contribution < 1.29 is 14.3 Å². The van der Waals surface area contributed by atoms with Crippen molar-refractivity contribution in [2.75, 3.05) is 18.5 Å². The summed E-state index contributed by atoms with van der Waals surface area (Å²) in [4.78, 5) is 16.8. The fourth-order valence-electron chi connectivity index (χ4n) is 2.85. The van der Waals surface area contributed by atoms with Gasteiger partial charge in [0.1, 0.15) is 13.2 Å². The maximum Gasteiger partial charge on any atom is 0.228 e. The molecular weight excluding hydrogens is 340 g/mol. The molecule has 0 atom stereocenters. The van der Waals surface area contributed by atoms with Crippen LogP contribution in [-0.2, 0) is 11.2 Å². The van der Waals surface area contributed by atoms with Gasteiger partial charge in [-0.25, -0.2) is 0 Å². The molecule has 6 heteroatoms. The molecule has 5 nitrogen and oxygen atoms in total. The fourth-order valence-corrected chi connectivity index (χ4v) is 3.14. The Morgan fingerprint density at radius 3 is 2.92 bits per heavy atom. The Hall–Kier alpha value is -2.79. The Morgan fingerprint density at radius 2 is 2.00 bits per heavy atom. The average molecular weight is 355 g/mol. The number of halogens is 1. The van der Waals surface area contributed by atoms with E-state index in [1.165, 1.54) is 0 Å². The minimum atomic E-state index is -0.147. The third kappa shape index (κ3) is 3.23. The predicted octanol–water partition coefficient (Wildman–Crippen LogP) is 3.84. The quantitative estimate of drug-likeness (QED) is 0.776. The Kier molecular flexibility index (Phi) is 4.15. The summed E-state index contributed by atoms with van der Waals surface area (Å²) in [6, 6.07) is 13.0. The lowest BCUT2D eigenvalue weighted by Gasteiger charge is -2.20. The summed E-state index contributed by atoms with van der Waals surface area (Å²) in [5.41, 5.74) is 2.21. The normalized spacial score (nSPS) is 12.8. The predicted molar refractivity (Wildman–Crippen MR) is 96.5 cm³/mol. The van der Waals surface area contributed by atoms with Crippen molar-refractivity contribution in [2.24, 2.45) is 0 Å². The Labute approximate surface area is 149 Å². The molecule has 0 saturated carbocycles. The molecule has 0 fully saturated rings. The number of rotatable bonds is 3. The lowest BCUT2D eigenvalue weighted by atomic mass is 10.1. The van der Waals surface area contributed by atoms with Crippen LogP contribution in [0.5, 0.6) is 11.5 Å². The van der Waals surface area contributed by atoms with Crippen LogP contribution in [0.2, 0.25) is 5.02 Å². The standard InChI is InChI=1S/C19H15ClN2O3/c20-14-9-12(10-16-19(14)25-8-7-24-16)11-17(23)22-15-5-1-3-13-4-2-6-21-18(13)15/h1-6,9-10H,7-8,11H2,(H,22,23). The van der Waals surface area contributed by atoms with Crippen molar-refractivity contribution in [1.29, 1.82) is 0 Å². The van der Waals surface area contributed by atoms with Gasteiger partial charge in [-0.15, -0.1) is 0 Å². The molecule has 4 rings (SSSR count). The summed E-state index contributed by atoms with van der Waals surface area (Å²) in [5, 5.41) is 4.34. The monoisotopic (exact) mass is 354 g/mol. The highest BCUT2D eigenvalue weighted by Crippen LogP contribution is 2.38. The highest BCUT2D eigenvalue weighted by molar-refractivity contribution is 6.32. The van der Waals surface area contributed by atoms with E-state index in [1.807, 2.05) is 30.3 Å². The van der Waals surface area contributed by atoms with Crippen LogP contribution in [-0.4, -0.2) is 24.1 Å². The van der Waals surface area contributed by atoms with Crippen molar-refractivity contribution in [3.05, 3.63) is 59.2 Å². The zero-order chi connectivity index (χ0) is 17.2. The fraction of sp³-hybridized carbons (Fsp3) is 0.158. The van der Waals surface area contributed by atoms with Gasteiger partial charge in [0.15, 0.2) is 11.5 Å². The van der Waals surface area contributed by atoms with Gasteiger partial charge >= 0.3 is 0 Å². The van der Waals surface area contributed by atoms with E-state index in [0.29, 0.717) is 35.4 Å². The van der Waals surface area contributed by atoms with Crippen molar-refractivity contribution in [2.45, 2.75) is 6.42 Å². The van der Waals surface area contributed by atoms with Gasteiger partial charge in [-0.3, -0.25) is 9.78 Å². The molecule has 3 aromatic rings. The maximum atomic E-state index is 12.5. The van der Waals surface area contributed by atoms with Crippen LogP contribution in [0.1, 0.15) is 5.56 Å². The number of anilines is 1. The number of pyridine rings is 1. The lowest BCUT2D eigenvalue weighted by molar-refractivity contribution is -0.115. The van der Waals surface area contributed by atoms with Crippen molar-refractivity contribution in [1.82, 2.24) is 4.98 Å². The summed E-state index contributed by atoms with van der Waals surface area (Å²) in [5.74, 6) is 0.967. The summed E-state index contributed by atoms with van der Waals surface area (Å²) in [7, 11) is 0. The van der Waals surface area contributed by atoms with E-state index in [4.69, 9.17) is 21.1 Å². The summed E-state index contributed by atoms with van der Waals surface area (Å²) < 4.78 is 11.0.